The van der Waals surface area contributed by atoms with Gasteiger partial charge < -0.3 is 5.32 Å². The normalized spacial score (nSPS) is 16.8. The minimum atomic E-state index is 0.711. The van der Waals surface area contributed by atoms with E-state index >= 15 is 0 Å². The highest BCUT2D eigenvalue weighted by Gasteiger charge is 2.24. The summed E-state index contributed by atoms with van der Waals surface area (Å²) in [6.45, 7) is 2.29. The Kier molecular flexibility index (Phi) is 4.25. The van der Waals surface area contributed by atoms with Gasteiger partial charge in [-0.2, -0.15) is 5.26 Å². The quantitative estimate of drug-likeness (QED) is 0.589. The molecule has 0 saturated heterocycles. The molecule has 0 saturated carbocycles. The molecule has 0 radical (unpaired) electrons. The second-order valence-electron chi connectivity index (χ2n) is 6.15. The number of anilines is 2. The molecule has 0 aliphatic heterocycles. The van der Waals surface area contributed by atoms with Crippen molar-refractivity contribution in [2.24, 2.45) is 5.92 Å². The van der Waals surface area contributed by atoms with Crippen molar-refractivity contribution in [3.8, 4) is 6.07 Å². The van der Waals surface area contributed by atoms with Gasteiger partial charge in [-0.1, -0.05) is 18.3 Å². The minimum Gasteiger partial charge on any atom is -0.322 e. The average Bonchev–Trinajstić information content (AvgIpc) is 3.13. The predicted molar refractivity (Wildman–Crippen MR) is 105 cm³/mol. The summed E-state index contributed by atoms with van der Waals surface area (Å²) in [5, 5.41) is 14.9. The van der Waals surface area contributed by atoms with Crippen molar-refractivity contribution < 1.29 is 0 Å². The van der Waals surface area contributed by atoms with Gasteiger partial charge in [0.05, 0.1) is 15.8 Å². The third kappa shape index (κ3) is 2.81. The highest BCUT2D eigenvalue weighted by atomic mass is 32.2. The van der Waals surface area contributed by atoms with Crippen LogP contribution >= 0.6 is 34.4 Å². The average molecular weight is 372 g/mol. The molecule has 122 valence electrons. The number of thioether (sulfide) groups is 1. The molecule has 0 bridgehead atoms. The molecule has 3 aromatic rings. The molecular formula is C18H17N3S3. The zero-order valence-corrected chi connectivity index (χ0v) is 16.0. The van der Waals surface area contributed by atoms with Gasteiger partial charge in [0.25, 0.3) is 0 Å². The van der Waals surface area contributed by atoms with Crippen molar-refractivity contribution in [2.45, 2.75) is 31.1 Å². The van der Waals surface area contributed by atoms with Gasteiger partial charge in [0.2, 0.25) is 0 Å². The fourth-order valence-electron chi connectivity index (χ4n) is 3.14. The summed E-state index contributed by atoms with van der Waals surface area (Å²) < 4.78 is 1.18. The molecule has 0 fully saturated rings. The highest BCUT2D eigenvalue weighted by molar-refractivity contribution is 7.98. The molecule has 6 heteroatoms. The second-order valence-corrected chi connectivity index (χ2v) is 9.16. The molecule has 0 spiro atoms. The van der Waals surface area contributed by atoms with Gasteiger partial charge in [-0.05, 0) is 55.2 Å². The first-order valence-corrected chi connectivity index (χ1v) is 10.8. The number of hydrogen-bond acceptors (Lipinski definition) is 6. The van der Waals surface area contributed by atoms with Crippen molar-refractivity contribution in [3.05, 3.63) is 34.2 Å². The Morgan fingerprint density at radius 3 is 3.04 bits per heavy atom. The van der Waals surface area contributed by atoms with Crippen molar-refractivity contribution in [1.29, 1.82) is 5.26 Å². The molecule has 1 N–H and O–H groups in total. The molecule has 4 rings (SSSR count). The van der Waals surface area contributed by atoms with Gasteiger partial charge in [0.15, 0.2) is 5.13 Å². The van der Waals surface area contributed by atoms with Gasteiger partial charge in [-0.3, -0.25) is 0 Å². The highest BCUT2D eigenvalue weighted by Crippen LogP contribution is 2.41. The number of fused-ring (bicyclic) bond motifs is 2. The molecule has 1 aromatic carbocycles. The van der Waals surface area contributed by atoms with Crippen LogP contribution in [0.1, 0.15) is 29.3 Å². The van der Waals surface area contributed by atoms with Crippen LogP contribution in [0.25, 0.3) is 10.2 Å². The lowest BCUT2D eigenvalue weighted by molar-refractivity contribution is 0.507. The Labute approximate surface area is 153 Å². The van der Waals surface area contributed by atoms with Crippen molar-refractivity contribution in [2.75, 3.05) is 11.6 Å². The Hall–Kier alpha value is -1.55. The maximum atomic E-state index is 9.61. The molecule has 1 atom stereocenters. The van der Waals surface area contributed by atoms with E-state index in [-0.39, 0.29) is 0 Å². The number of rotatable bonds is 3. The van der Waals surface area contributed by atoms with Crippen molar-refractivity contribution in [1.82, 2.24) is 4.98 Å². The maximum Gasteiger partial charge on any atom is 0.188 e. The maximum absolute atomic E-state index is 9.61. The van der Waals surface area contributed by atoms with Crippen LogP contribution in [0.4, 0.5) is 10.1 Å². The van der Waals surface area contributed by atoms with E-state index in [1.54, 1.807) is 34.4 Å². The lowest BCUT2D eigenvalue weighted by Gasteiger charge is -2.17. The second kappa shape index (κ2) is 6.40. The first-order valence-electron chi connectivity index (χ1n) is 7.94. The van der Waals surface area contributed by atoms with Crippen LogP contribution in [0, 0.1) is 17.2 Å². The van der Waals surface area contributed by atoms with Gasteiger partial charge in [-0.25, -0.2) is 4.98 Å². The van der Waals surface area contributed by atoms with Gasteiger partial charge >= 0.3 is 0 Å². The van der Waals surface area contributed by atoms with E-state index in [1.165, 1.54) is 26.5 Å². The summed E-state index contributed by atoms with van der Waals surface area (Å²) in [5.41, 5.74) is 3.09. The molecule has 2 aromatic heterocycles. The van der Waals surface area contributed by atoms with Crippen LogP contribution in [-0.4, -0.2) is 11.2 Å². The van der Waals surface area contributed by atoms with E-state index in [0.717, 1.165) is 34.1 Å². The predicted octanol–water partition coefficient (Wildman–Crippen LogP) is 5.82. The number of nitrogens with one attached hydrogen (secondary N) is 1. The smallest absolute Gasteiger partial charge is 0.188 e. The van der Waals surface area contributed by atoms with Crippen LogP contribution < -0.4 is 5.32 Å². The number of hydrogen-bond donors (Lipinski definition) is 1. The minimum absolute atomic E-state index is 0.711. The monoisotopic (exact) mass is 371 g/mol. The molecule has 1 aliphatic carbocycles. The third-order valence-corrected chi connectivity index (χ3v) is 7.27. The Bertz CT molecular complexity index is 948. The lowest BCUT2D eigenvalue weighted by Crippen LogP contribution is -2.09. The zero-order valence-electron chi connectivity index (χ0n) is 13.5. The summed E-state index contributed by atoms with van der Waals surface area (Å²) in [7, 11) is 0. The number of thiophene rings is 1. The first-order chi connectivity index (χ1) is 11.7. The van der Waals surface area contributed by atoms with Crippen LogP contribution in [0.3, 0.4) is 0 Å². The molecule has 2 heterocycles. The van der Waals surface area contributed by atoms with Gasteiger partial charge in [0.1, 0.15) is 11.1 Å². The van der Waals surface area contributed by atoms with Crippen LogP contribution in [0.2, 0.25) is 0 Å². The van der Waals surface area contributed by atoms with Crippen LogP contribution in [0.15, 0.2) is 23.1 Å². The lowest BCUT2D eigenvalue weighted by atomic mass is 9.89. The molecule has 0 amide bonds. The van der Waals surface area contributed by atoms with E-state index < -0.39 is 0 Å². The number of thiazole rings is 1. The number of nitriles is 1. The van der Waals surface area contributed by atoms with Crippen LogP contribution in [0.5, 0.6) is 0 Å². The zero-order chi connectivity index (χ0) is 16.7. The number of benzene rings is 1. The number of nitrogens with zero attached hydrogens (tertiary/aromatic N) is 2. The topological polar surface area (TPSA) is 48.7 Å². The SMILES string of the molecule is CSc1ccc2nc(Nc3sc4c(c3C#N)CCC(C)C4)sc2c1. The summed E-state index contributed by atoms with van der Waals surface area (Å²) in [6.07, 6.45) is 5.37. The summed E-state index contributed by atoms with van der Waals surface area (Å²) >= 11 is 5.12. The van der Waals surface area contributed by atoms with E-state index in [4.69, 9.17) is 0 Å². The van der Waals surface area contributed by atoms with E-state index in [9.17, 15) is 5.26 Å². The molecule has 1 unspecified atom stereocenters. The molecular weight excluding hydrogens is 354 g/mol. The van der Waals surface area contributed by atoms with E-state index in [2.05, 4.69) is 47.7 Å². The Balaban J connectivity index is 1.69. The van der Waals surface area contributed by atoms with Crippen molar-refractivity contribution >= 4 is 54.8 Å². The van der Waals surface area contributed by atoms with Gasteiger partial charge in [0, 0.05) is 9.77 Å². The molecule has 24 heavy (non-hydrogen) atoms. The van der Waals surface area contributed by atoms with E-state index in [0.29, 0.717) is 5.92 Å². The fraction of sp³-hybridized carbons (Fsp3) is 0.333. The first kappa shape index (κ1) is 15.9. The van der Waals surface area contributed by atoms with Crippen molar-refractivity contribution in [3.63, 3.8) is 0 Å². The third-order valence-electron chi connectivity index (χ3n) is 4.44. The Morgan fingerprint density at radius 2 is 2.25 bits per heavy atom. The fourth-order valence-corrected chi connectivity index (χ4v) is 5.99. The molecule has 3 nitrogen and oxygen atoms in total. The summed E-state index contributed by atoms with van der Waals surface area (Å²) in [5.74, 6) is 0.711. The van der Waals surface area contributed by atoms with E-state index in [1.807, 2.05) is 0 Å². The van der Waals surface area contributed by atoms with Crippen LogP contribution in [-0.2, 0) is 12.8 Å². The summed E-state index contributed by atoms with van der Waals surface area (Å²) in [4.78, 5) is 7.30. The van der Waals surface area contributed by atoms with Gasteiger partial charge in [-0.15, -0.1) is 23.1 Å². The summed E-state index contributed by atoms with van der Waals surface area (Å²) in [6, 6.07) is 8.75. The standard InChI is InChI=1S/C18H17N3S3/c1-10-3-5-12-13(9-19)17(23-15(12)7-10)21-18-20-14-6-4-11(22-2)8-16(14)24-18/h4,6,8,10H,3,5,7H2,1-2H3,(H,20,21). The largest absolute Gasteiger partial charge is 0.322 e. The Morgan fingerprint density at radius 1 is 1.38 bits per heavy atom. The number of aromatic nitrogens is 1. The molecule has 1 aliphatic rings.